The molecular formula is C16H24N4O3. The summed E-state index contributed by atoms with van der Waals surface area (Å²) in [6.07, 6.45) is 2.32. The van der Waals surface area contributed by atoms with Gasteiger partial charge in [-0.05, 0) is 38.3 Å². The van der Waals surface area contributed by atoms with E-state index in [2.05, 4.69) is 20.4 Å². The number of carbonyl (C=O) groups is 1. The van der Waals surface area contributed by atoms with Gasteiger partial charge in [0.05, 0.1) is 24.4 Å². The van der Waals surface area contributed by atoms with E-state index in [-0.39, 0.29) is 24.2 Å². The average molecular weight is 320 g/mol. The van der Waals surface area contributed by atoms with Gasteiger partial charge in [-0.2, -0.15) is 5.10 Å². The molecule has 2 aliphatic rings. The number of aromatic nitrogens is 2. The van der Waals surface area contributed by atoms with Gasteiger partial charge in [0, 0.05) is 20.2 Å². The predicted molar refractivity (Wildman–Crippen MR) is 85.3 cm³/mol. The van der Waals surface area contributed by atoms with Crippen molar-refractivity contribution < 1.29 is 14.3 Å². The molecule has 0 aliphatic carbocycles. The highest BCUT2D eigenvalue weighted by Gasteiger charge is 2.42. The van der Waals surface area contributed by atoms with Gasteiger partial charge in [-0.25, -0.2) is 0 Å². The minimum Gasteiger partial charge on any atom is -0.383 e. The maximum Gasteiger partial charge on any atom is 0.249 e. The fraction of sp³-hybridized carbons (Fsp3) is 0.688. The molecule has 3 rings (SSSR count). The summed E-state index contributed by atoms with van der Waals surface area (Å²) in [7, 11) is 1.62. The normalized spacial score (nSPS) is 26.9. The highest BCUT2D eigenvalue weighted by molar-refractivity contribution is 5.80. The zero-order valence-electron chi connectivity index (χ0n) is 13.7. The van der Waals surface area contributed by atoms with Crippen molar-refractivity contribution in [2.45, 2.75) is 44.4 Å². The van der Waals surface area contributed by atoms with Crippen LogP contribution in [0.1, 0.15) is 25.0 Å². The summed E-state index contributed by atoms with van der Waals surface area (Å²) in [4.78, 5) is 14.4. The molecule has 0 aromatic carbocycles. The van der Waals surface area contributed by atoms with E-state index in [0.717, 1.165) is 37.3 Å². The van der Waals surface area contributed by atoms with Crippen LogP contribution in [0.25, 0.3) is 0 Å². The number of carbonyl (C=O) groups excluding carboxylic acids is 1. The molecule has 1 amide bonds. The third kappa shape index (κ3) is 3.61. The van der Waals surface area contributed by atoms with Crippen LogP contribution in [-0.4, -0.2) is 61.2 Å². The zero-order chi connectivity index (χ0) is 16.2. The van der Waals surface area contributed by atoms with E-state index >= 15 is 0 Å². The fourth-order valence-electron chi connectivity index (χ4n) is 3.34. The Morgan fingerprint density at radius 1 is 1.39 bits per heavy atom. The van der Waals surface area contributed by atoms with E-state index in [1.165, 1.54) is 0 Å². The number of ether oxygens (including phenoxy) is 2. The van der Waals surface area contributed by atoms with Crippen LogP contribution in [0.4, 0.5) is 5.82 Å². The summed E-state index contributed by atoms with van der Waals surface area (Å²) in [5, 5.41) is 11.3. The SMILES string of the molecule is COCCNC(=O)[C@@H]1CC[C@@H]2[C@@H](CCN2c2ccc(C)nn2)O1. The van der Waals surface area contributed by atoms with Crippen LogP contribution in [0.3, 0.4) is 0 Å². The van der Waals surface area contributed by atoms with E-state index in [4.69, 9.17) is 9.47 Å². The van der Waals surface area contributed by atoms with E-state index in [0.29, 0.717) is 13.2 Å². The molecule has 1 N–H and O–H groups in total. The molecule has 7 heteroatoms. The summed E-state index contributed by atoms with van der Waals surface area (Å²) >= 11 is 0. The lowest BCUT2D eigenvalue weighted by Crippen LogP contribution is -2.48. The van der Waals surface area contributed by atoms with Crippen LogP contribution in [0, 0.1) is 6.92 Å². The van der Waals surface area contributed by atoms with Gasteiger partial charge in [0.15, 0.2) is 5.82 Å². The molecule has 0 bridgehead atoms. The second-order valence-corrected chi connectivity index (χ2v) is 6.11. The Balaban J connectivity index is 1.57. The third-order valence-electron chi connectivity index (χ3n) is 4.52. The van der Waals surface area contributed by atoms with Crippen LogP contribution < -0.4 is 10.2 Å². The molecule has 126 valence electrons. The molecule has 0 radical (unpaired) electrons. The molecule has 7 nitrogen and oxygen atoms in total. The first-order chi connectivity index (χ1) is 11.2. The van der Waals surface area contributed by atoms with Gasteiger partial charge in [0.2, 0.25) is 5.91 Å². The topological polar surface area (TPSA) is 76.6 Å². The molecule has 1 aromatic heterocycles. The lowest BCUT2D eigenvalue weighted by molar-refractivity contribution is -0.141. The number of rotatable bonds is 5. The molecule has 0 spiro atoms. The second-order valence-electron chi connectivity index (χ2n) is 6.11. The Labute approximate surface area is 136 Å². The van der Waals surface area contributed by atoms with Gasteiger partial charge >= 0.3 is 0 Å². The summed E-state index contributed by atoms with van der Waals surface area (Å²) in [5.41, 5.74) is 0.914. The number of nitrogens with zero attached hydrogens (tertiary/aromatic N) is 3. The highest BCUT2D eigenvalue weighted by atomic mass is 16.5. The van der Waals surface area contributed by atoms with Crippen molar-refractivity contribution in [1.29, 1.82) is 0 Å². The number of aryl methyl sites for hydroxylation is 1. The number of nitrogens with one attached hydrogen (secondary N) is 1. The van der Waals surface area contributed by atoms with Crippen molar-refractivity contribution in [1.82, 2.24) is 15.5 Å². The minimum absolute atomic E-state index is 0.0333. The first-order valence-corrected chi connectivity index (χ1v) is 8.18. The maximum atomic E-state index is 12.1. The third-order valence-corrected chi connectivity index (χ3v) is 4.52. The number of anilines is 1. The van der Waals surface area contributed by atoms with Crippen LogP contribution in [0.15, 0.2) is 12.1 Å². The molecule has 0 saturated carbocycles. The standard InChI is InChI=1S/C16H24N4O3/c1-11-3-6-15(19-18-11)20-9-7-13-12(20)4-5-14(23-13)16(21)17-8-10-22-2/h3,6,12-14H,4-5,7-10H2,1-2H3,(H,17,21)/t12-,13-,14+/m1/s1. The Morgan fingerprint density at radius 3 is 3.00 bits per heavy atom. The van der Waals surface area contributed by atoms with Crippen LogP contribution in [0.2, 0.25) is 0 Å². The lowest BCUT2D eigenvalue weighted by atomic mass is 9.98. The summed E-state index contributed by atoms with van der Waals surface area (Å²) in [6.45, 7) is 3.86. The van der Waals surface area contributed by atoms with Crippen molar-refractivity contribution in [3.05, 3.63) is 17.8 Å². The highest BCUT2D eigenvalue weighted by Crippen LogP contribution is 2.33. The number of amides is 1. The predicted octanol–water partition coefficient (Wildman–Crippen LogP) is 0.674. The van der Waals surface area contributed by atoms with E-state index in [1.54, 1.807) is 7.11 Å². The molecule has 2 aliphatic heterocycles. The number of fused-ring (bicyclic) bond motifs is 1. The van der Waals surface area contributed by atoms with Crippen LogP contribution in [0.5, 0.6) is 0 Å². The smallest absolute Gasteiger partial charge is 0.249 e. The van der Waals surface area contributed by atoms with Crippen molar-refractivity contribution in [2.75, 3.05) is 31.7 Å². The van der Waals surface area contributed by atoms with Gasteiger partial charge in [-0.3, -0.25) is 4.79 Å². The van der Waals surface area contributed by atoms with Crippen LogP contribution >= 0.6 is 0 Å². The molecule has 1 aromatic rings. The van der Waals surface area contributed by atoms with Gasteiger partial charge in [-0.1, -0.05) is 0 Å². The molecule has 23 heavy (non-hydrogen) atoms. The molecule has 3 atom stereocenters. The Hall–Kier alpha value is -1.73. The maximum absolute atomic E-state index is 12.1. The minimum atomic E-state index is -0.350. The molecule has 2 fully saturated rings. The van der Waals surface area contributed by atoms with Crippen molar-refractivity contribution >= 4 is 11.7 Å². The van der Waals surface area contributed by atoms with E-state index in [9.17, 15) is 4.79 Å². The largest absolute Gasteiger partial charge is 0.383 e. The van der Waals surface area contributed by atoms with Gasteiger partial charge < -0.3 is 19.7 Å². The average Bonchev–Trinajstić information content (AvgIpc) is 2.99. The van der Waals surface area contributed by atoms with Gasteiger partial charge in [-0.15, -0.1) is 5.10 Å². The van der Waals surface area contributed by atoms with Crippen LogP contribution in [-0.2, 0) is 14.3 Å². The number of hydrogen-bond acceptors (Lipinski definition) is 6. The second kappa shape index (κ2) is 7.23. The molecule has 2 saturated heterocycles. The summed E-state index contributed by atoms with van der Waals surface area (Å²) in [5.74, 6) is 0.865. The van der Waals surface area contributed by atoms with Crippen molar-refractivity contribution in [2.24, 2.45) is 0 Å². The summed E-state index contributed by atoms with van der Waals surface area (Å²) < 4.78 is 11.0. The lowest BCUT2D eigenvalue weighted by Gasteiger charge is -2.35. The Kier molecular flexibility index (Phi) is 5.07. The zero-order valence-corrected chi connectivity index (χ0v) is 13.7. The fourth-order valence-corrected chi connectivity index (χ4v) is 3.34. The quantitative estimate of drug-likeness (QED) is 0.804. The molecule has 0 unspecified atom stereocenters. The Bertz CT molecular complexity index is 537. The van der Waals surface area contributed by atoms with Gasteiger partial charge in [0.25, 0.3) is 0 Å². The monoisotopic (exact) mass is 320 g/mol. The first-order valence-electron chi connectivity index (χ1n) is 8.18. The molecule has 3 heterocycles. The Morgan fingerprint density at radius 2 is 2.26 bits per heavy atom. The summed E-state index contributed by atoms with van der Waals surface area (Å²) in [6, 6.07) is 4.27. The number of hydrogen-bond donors (Lipinski definition) is 1. The first kappa shape index (κ1) is 16.1. The number of methoxy groups -OCH3 is 1. The van der Waals surface area contributed by atoms with Gasteiger partial charge in [0.1, 0.15) is 6.10 Å². The van der Waals surface area contributed by atoms with E-state index < -0.39 is 0 Å². The molecular weight excluding hydrogens is 296 g/mol. The van der Waals surface area contributed by atoms with E-state index in [1.807, 2.05) is 19.1 Å². The van der Waals surface area contributed by atoms with Crippen molar-refractivity contribution in [3.8, 4) is 0 Å². The van der Waals surface area contributed by atoms with Crippen molar-refractivity contribution in [3.63, 3.8) is 0 Å².